The van der Waals surface area contributed by atoms with Crippen LogP contribution in [0.2, 0.25) is 10.0 Å². The van der Waals surface area contributed by atoms with Gasteiger partial charge in [-0.1, -0.05) is 69.9 Å². The monoisotopic (exact) mass is 447 g/mol. The van der Waals surface area contributed by atoms with Gasteiger partial charge in [0.15, 0.2) is 5.71 Å². The van der Waals surface area contributed by atoms with Crippen LogP contribution in [0.25, 0.3) is 6.08 Å². The molecule has 0 atom stereocenters. The Labute approximate surface area is 186 Å². The van der Waals surface area contributed by atoms with Crippen LogP contribution in [-0.2, 0) is 21.1 Å². The summed E-state index contributed by atoms with van der Waals surface area (Å²) in [5, 5.41) is 11.7. The quantitative estimate of drug-likeness (QED) is 0.429. The van der Waals surface area contributed by atoms with Gasteiger partial charge in [-0.3, -0.25) is 4.79 Å². The van der Waals surface area contributed by atoms with Crippen LogP contribution in [0.4, 0.5) is 0 Å². The van der Waals surface area contributed by atoms with Crippen LogP contribution in [0.5, 0.6) is 0 Å². The van der Waals surface area contributed by atoms with Gasteiger partial charge in [-0.2, -0.15) is 0 Å². The van der Waals surface area contributed by atoms with Crippen molar-refractivity contribution in [3.8, 4) is 0 Å². The Balaban J connectivity index is 2.14. The molecule has 1 amide bonds. The lowest BCUT2D eigenvalue weighted by Gasteiger charge is -2.10. The first-order valence-electron chi connectivity index (χ1n) is 9.26. The van der Waals surface area contributed by atoms with Crippen LogP contribution in [0.3, 0.4) is 0 Å². The SMILES string of the molecule is CCON=C(C(=O)NC)c1ccccc1CON=C(C)C=Cc1c(Cl)cccc1Cl. The number of nitrogens with one attached hydrogen (secondary N) is 1. The fourth-order valence-corrected chi connectivity index (χ4v) is 2.97. The zero-order chi connectivity index (χ0) is 21.9. The highest BCUT2D eigenvalue weighted by molar-refractivity contribution is 6.45. The molecule has 30 heavy (non-hydrogen) atoms. The summed E-state index contributed by atoms with van der Waals surface area (Å²) < 4.78 is 0. The summed E-state index contributed by atoms with van der Waals surface area (Å²) in [4.78, 5) is 22.8. The number of halogens is 2. The standard InChI is InChI=1S/C22H23Cl2N3O3/c1-4-29-27-21(22(28)25-3)17-9-6-5-8-16(17)14-30-26-15(2)12-13-18-19(23)10-7-11-20(18)24/h5-13H,4,14H2,1-3H3,(H,25,28). The smallest absolute Gasteiger partial charge is 0.273 e. The van der Waals surface area contributed by atoms with E-state index in [-0.39, 0.29) is 18.2 Å². The van der Waals surface area contributed by atoms with Gasteiger partial charge in [0.25, 0.3) is 5.91 Å². The van der Waals surface area contributed by atoms with Gasteiger partial charge in [0.2, 0.25) is 0 Å². The van der Waals surface area contributed by atoms with Crippen LogP contribution in [-0.4, -0.2) is 31.0 Å². The van der Waals surface area contributed by atoms with Crippen molar-refractivity contribution in [1.29, 1.82) is 0 Å². The maximum Gasteiger partial charge on any atom is 0.273 e. The zero-order valence-corrected chi connectivity index (χ0v) is 18.5. The topological polar surface area (TPSA) is 72.3 Å². The van der Waals surface area contributed by atoms with Gasteiger partial charge < -0.3 is 15.0 Å². The number of carbonyl (C=O) groups is 1. The minimum Gasteiger partial charge on any atom is -0.395 e. The summed E-state index contributed by atoms with van der Waals surface area (Å²) in [7, 11) is 1.54. The van der Waals surface area contributed by atoms with Crippen LogP contribution >= 0.6 is 23.2 Å². The van der Waals surface area contributed by atoms with Gasteiger partial charge in [0.05, 0.1) is 5.71 Å². The molecule has 0 saturated carbocycles. The number of hydrogen-bond donors (Lipinski definition) is 1. The van der Waals surface area contributed by atoms with E-state index in [0.29, 0.717) is 33.5 Å². The summed E-state index contributed by atoms with van der Waals surface area (Å²) >= 11 is 12.3. The third-order valence-corrected chi connectivity index (χ3v) is 4.58. The van der Waals surface area contributed by atoms with E-state index in [9.17, 15) is 4.79 Å². The fourth-order valence-electron chi connectivity index (χ4n) is 2.45. The summed E-state index contributed by atoms with van der Waals surface area (Å²) in [5.41, 5.74) is 2.86. The Morgan fingerprint density at radius 1 is 1.07 bits per heavy atom. The first kappa shape index (κ1) is 23.4. The highest BCUT2D eigenvalue weighted by Gasteiger charge is 2.17. The normalized spacial score (nSPS) is 12.2. The highest BCUT2D eigenvalue weighted by atomic mass is 35.5. The molecular formula is C22H23Cl2N3O3. The summed E-state index contributed by atoms with van der Waals surface area (Å²) in [6, 6.07) is 12.6. The van der Waals surface area contributed by atoms with E-state index in [1.54, 1.807) is 50.3 Å². The minimum atomic E-state index is -0.352. The predicted molar refractivity (Wildman–Crippen MR) is 122 cm³/mol. The van der Waals surface area contributed by atoms with Crippen molar-refractivity contribution in [3.05, 3.63) is 75.3 Å². The molecule has 0 spiro atoms. The Morgan fingerprint density at radius 3 is 2.43 bits per heavy atom. The molecular weight excluding hydrogens is 425 g/mol. The first-order valence-corrected chi connectivity index (χ1v) is 10.0. The number of amides is 1. The number of nitrogens with zero attached hydrogens (tertiary/aromatic N) is 2. The van der Waals surface area contributed by atoms with Crippen LogP contribution < -0.4 is 5.32 Å². The number of carbonyl (C=O) groups excluding carboxylic acids is 1. The van der Waals surface area contributed by atoms with Crippen molar-refractivity contribution in [3.63, 3.8) is 0 Å². The van der Waals surface area contributed by atoms with Crippen molar-refractivity contribution in [2.75, 3.05) is 13.7 Å². The van der Waals surface area contributed by atoms with Gasteiger partial charge in [-0.15, -0.1) is 0 Å². The second-order valence-corrected chi connectivity index (χ2v) is 6.88. The minimum absolute atomic E-state index is 0.149. The molecule has 0 aliphatic rings. The average molecular weight is 448 g/mol. The fraction of sp³-hybridized carbons (Fsp3) is 0.227. The Kier molecular flexibility index (Phi) is 9.38. The average Bonchev–Trinajstić information content (AvgIpc) is 2.74. The molecule has 0 aliphatic carbocycles. The molecule has 1 N–H and O–H groups in total. The lowest BCUT2D eigenvalue weighted by atomic mass is 10.0. The van der Waals surface area contributed by atoms with Crippen molar-refractivity contribution in [2.45, 2.75) is 20.5 Å². The number of likely N-dealkylation sites (N-methyl/N-ethyl adjacent to an activating group) is 1. The van der Waals surface area contributed by atoms with Crippen LogP contribution in [0.1, 0.15) is 30.5 Å². The third kappa shape index (κ3) is 6.61. The van der Waals surface area contributed by atoms with E-state index in [0.717, 1.165) is 5.56 Å². The Bertz CT molecular complexity index is 952. The van der Waals surface area contributed by atoms with Gasteiger partial charge in [-0.25, -0.2) is 0 Å². The number of allylic oxidation sites excluding steroid dienone is 1. The van der Waals surface area contributed by atoms with Crippen LogP contribution in [0, 0.1) is 0 Å². The molecule has 8 heteroatoms. The molecule has 2 rings (SSSR count). The van der Waals surface area contributed by atoms with Gasteiger partial charge in [-0.05, 0) is 32.1 Å². The molecule has 0 saturated heterocycles. The maximum absolute atomic E-state index is 12.2. The number of oxime groups is 2. The predicted octanol–water partition coefficient (Wildman–Crippen LogP) is 5.09. The molecule has 158 valence electrons. The summed E-state index contributed by atoms with van der Waals surface area (Å²) in [6.07, 6.45) is 3.53. The van der Waals surface area contributed by atoms with Gasteiger partial charge in [0, 0.05) is 33.8 Å². The number of benzene rings is 2. The Morgan fingerprint density at radius 2 is 1.77 bits per heavy atom. The molecule has 2 aromatic rings. The molecule has 0 unspecified atom stereocenters. The molecule has 0 bridgehead atoms. The molecule has 0 aliphatic heterocycles. The van der Waals surface area contributed by atoms with Crippen molar-refractivity contribution >= 4 is 46.6 Å². The van der Waals surface area contributed by atoms with E-state index >= 15 is 0 Å². The van der Waals surface area contributed by atoms with E-state index in [2.05, 4.69) is 15.6 Å². The highest BCUT2D eigenvalue weighted by Crippen LogP contribution is 2.25. The second-order valence-electron chi connectivity index (χ2n) is 6.07. The van der Waals surface area contributed by atoms with Gasteiger partial charge in [0.1, 0.15) is 13.2 Å². The largest absolute Gasteiger partial charge is 0.395 e. The molecule has 0 fully saturated rings. The zero-order valence-electron chi connectivity index (χ0n) is 17.0. The lowest BCUT2D eigenvalue weighted by Crippen LogP contribution is -2.29. The maximum atomic E-state index is 12.2. The molecule has 0 heterocycles. The van der Waals surface area contributed by atoms with E-state index in [1.165, 1.54) is 7.05 Å². The molecule has 6 nitrogen and oxygen atoms in total. The summed E-state index contributed by atoms with van der Waals surface area (Å²) in [6.45, 7) is 4.08. The first-order chi connectivity index (χ1) is 14.5. The van der Waals surface area contributed by atoms with Crippen LogP contribution in [0.15, 0.2) is 58.9 Å². The molecule has 0 aromatic heterocycles. The van der Waals surface area contributed by atoms with Crippen molar-refractivity contribution in [2.24, 2.45) is 10.3 Å². The van der Waals surface area contributed by atoms with E-state index in [4.69, 9.17) is 32.9 Å². The van der Waals surface area contributed by atoms with E-state index in [1.807, 2.05) is 18.2 Å². The Hall–Kier alpha value is -2.83. The molecule has 0 radical (unpaired) electrons. The summed E-state index contributed by atoms with van der Waals surface area (Å²) in [5.74, 6) is -0.352. The van der Waals surface area contributed by atoms with Crippen molar-refractivity contribution in [1.82, 2.24) is 5.32 Å². The lowest BCUT2D eigenvalue weighted by molar-refractivity contribution is -0.114. The van der Waals surface area contributed by atoms with Gasteiger partial charge >= 0.3 is 0 Å². The third-order valence-electron chi connectivity index (χ3n) is 3.92. The second kappa shape index (κ2) is 12.0. The number of hydrogen-bond acceptors (Lipinski definition) is 5. The van der Waals surface area contributed by atoms with E-state index < -0.39 is 0 Å². The van der Waals surface area contributed by atoms with Crippen molar-refractivity contribution < 1.29 is 14.5 Å². The number of rotatable bonds is 9. The molecule has 2 aromatic carbocycles.